The molecule has 0 saturated heterocycles. The fraction of sp³-hybridized carbons (Fsp3) is 0.259. The molecule has 0 saturated carbocycles. The fourth-order valence-corrected chi connectivity index (χ4v) is 4.83. The van der Waals surface area contributed by atoms with Crippen molar-refractivity contribution in [3.63, 3.8) is 0 Å². The summed E-state index contributed by atoms with van der Waals surface area (Å²) in [6.45, 7) is 7.11. The molecule has 0 unspecified atom stereocenters. The largest absolute Gasteiger partial charge is 0.496 e. The van der Waals surface area contributed by atoms with Crippen LogP contribution >= 0.6 is 0 Å². The van der Waals surface area contributed by atoms with Crippen molar-refractivity contribution in [1.29, 1.82) is 0 Å². The molecule has 2 heterocycles. The first-order chi connectivity index (χ1) is 15.3. The topological polar surface area (TPSA) is 33.7 Å². The zero-order valence-electron chi connectivity index (χ0n) is 19.0. The zero-order chi connectivity index (χ0) is 22.6. The number of benzene rings is 3. The van der Waals surface area contributed by atoms with Crippen molar-refractivity contribution in [2.45, 2.75) is 32.9 Å². The normalized spacial score (nSPS) is 15.7. The van der Waals surface area contributed by atoms with E-state index in [-0.39, 0.29) is 11.4 Å². The van der Waals surface area contributed by atoms with Gasteiger partial charge >= 0.3 is 0 Å². The average molecular weight is 431 g/mol. The van der Waals surface area contributed by atoms with Crippen molar-refractivity contribution in [1.82, 2.24) is 0 Å². The van der Waals surface area contributed by atoms with Gasteiger partial charge in [-0.05, 0) is 73.9 Å². The van der Waals surface area contributed by atoms with E-state index < -0.39 is 0 Å². The molecule has 2 aliphatic rings. The number of anilines is 2. The van der Waals surface area contributed by atoms with E-state index in [1.807, 2.05) is 6.07 Å². The Morgan fingerprint density at radius 3 is 2.44 bits per heavy atom. The summed E-state index contributed by atoms with van der Waals surface area (Å²) in [6, 6.07) is 15.2. The molecule has 5 heteroatoms. The average Bonchev–Trinajstić information content (AvgIpc) is 3.13. The van der Waals surface area contributed by atoms with E-state index in [4.69, 9.17) is 9.47 Å². The maximum Gasteiger partial charge on any atom is 0.142 e. The molecule has 2 aliphatic heterocycles. The first-order valence-corrected chi connectivity index (χ1v) is 10.7. The molecule has 4 nitrogen and oxygen atoms in total. The van der Waals surface area contributed by atoms with Gasteiger partial charge in [0.15, 0.2) is 0 Å². The number of methoxy groups -OCH3 is 2. The molecule has 164 valence electrons. The van der Waals surface area contributed by atoms with Crippen molar-refractivity contribution >= 4 is 17.1 Å². The highest BCUT2D eigenvalue weighted by Crippen LogP contribution is 2.51. The van der Waals surface area contributed by atoms with Crippen LogP contribution in [0, 0.1) is 12.7 Å². The Hall–Kier alpha value is -3.47. The molecule has 0 bridgehead atoms. The van der Waals surface area contributed by atoms with Gasteiger partial charge in [-0.3, -0.25) is 0 Å². The quantitative estimate of drug-likeness (QED) is 0.520. The molecule has 0 fully saturated rings. The van der Waals surface area contributed by atoms with Gasteiger partial charge in [0.25, 0.3) is 0 Å². The van der Waals surface area contributed by atoms with Crippen LogP contribution in [0.2, 0.25) is 0 Å². The molecule has 0 aromatic heterocycles. The Bertz CT molecular complexity index is 1260. The highest BCUT2D eigenvalue weighted by atomic mass is 19.1. The van der Waals surface area contributed by atoms with Gasteiger partial charge in [0, 0.05) is 35.1 Å². The Morgan fingerprint density at radius 1 is 0.938 bits per heavy atom. The molecule has 0 aliphatic carbocycles. The lowest BCUT2D eigenvalue weighted by Gasteiger charge is -2.33. The van der Waals surface area contributed by atoms with Crippen LogP contribution in [0.1, 0.15) is 30.5 Å². The molecular formula is C27H27FN2O2. The predicted octanol–water partition coefficient (Wildman–Crippen LogP) is 6.38. The summed E-state index contributed by atoms with van der Waals surface area (Å²) in [4.78, 5) is 2.32. The van der Waals surface area contributed by atoms with Crippen LogP contribution in [-0.2, 0) is 6.54 Å². The lowest BCUT2D eigenvalue weighted by Crippen LogP contribution is -2.33. The van der Waals surface area contributed by atoms with Crippen molar-refractivity contribution in [3.05, 3.63) is 77.1 Å². The first-order valence-electron chi connectivity index (χ1n) is 10.7. The third kappa shape index (κ3) is 3.20. The summed E-state index contributed by atoms with van der Waals surface area (Å²) >= 11 is 0. The summed E-state index contributed by atoms with van der Waals surface area (Å²) < 4.78 is 25.1. The van der Waals surface area contributed by atoms with Gasteiger partial charge in [-0.1, -0.05) is 12.1 Å². The second kappa shape index (κ2) is 7.30. The molecule has 1 N–H and O–H groups in total. The first kappa shape index (κ1) is 20.4. The summed E-state index contributed by atoms with van der Waals surface area (Å²) in [5.74, 6) is 1.06. The van der Waals surface area contributed by atoms with Crippen LogP contribution < -0.4 is 19.7 Å². The van der Waals surface area contributed by atoms with Gasteiger partial charge in [0.2, 0.25) is 0 Å². The molecule has 0 radical (unpaired) electrons. The minimum Gasteiger partial charge on any atom is -0.496 e. The number of nitrogens with one attached hydrogen (secondary N) is 1. The molecule has 0 amide bonds. The molecule has 3 aromatic carbocycles. The Balaban J connectivity index is 1.74. The number of rotatable bonds is 4. The number of hydrogen-bond donors (Lipinski definition) is 1. The summed E-state index contributed by atoms with van der Waals surface area (Å²) in [6.07, 6.45) is 2.28. The number of ether oxygens (including phenoxy) is 2. The van der Waals surface area contributed by atoms with E-state index in [1.165, 1.54) is 28.8 Å². The van der Waals surface area contributed by atoms with Gasteiger partial charge < -0.3 is 19.7 Å². The molecule has 0 spiro atoms. The Labute approximate surface area is 188 Å². The summed E-state index contributed by atoms with van der Waals surface area (Å²) in [5, 5.41) is 3.65. The summed E-state index contributed by atoms with van der Waals surface area (Å²) in [7, 11) is 3.29. The third-order valence-electron chi connectivity index (χ3n) is 6.21. The van der Waals surface area contributed by atoms with Crippen LogP contribution in [-0.4, -0.2) is 19.8 Å². The van der Waals surface area contributed by atoms with Crippen LogP contribution in [0.25, 0.3) is 16.8 Å². The lowest BCUT2D eigenvalue weighted by molar-refractivity contribution is 0.413. The second-order valence-electron chi connectivity index (χ2n) is 9.00. The van der Waals surface area contributed by atoms with Gasteiger partial charge in [-0.15, -0.1) is 0 Å². The maximum atomic E-state index is 13.9. The highest BCUT2D eigenvalue weighted by Gasteiger charge is 2.37. The number of nitrogens with zero attached hydrogens (tertiary/aromatic N) is 1. The molecule has 0 atom stereocenters. The maximum absolute atomic E-state index is 13.9. The molecule has 5 rings (SSSR count). The van der Waals surface area contributed by atoms with Gasteiger partial charge in [0.1, 0.15) is 17.3 Å². The van der Waals surface area contributed by atoms with Crippen LogP contribution in [0.15, 0.2) is 54.6 Å². The van der Waals surface area contributed by atoms with Crippen molar-refractivity contribution in [3.8, 4) is 22.6 Å². The minimum atomic E-state index is -0.310. The monoisotopic (exact) mass is 430 g/mol. The smallest absolute Gasteiger partial charge is 0.142 e. The van der Waals surface area contributed by atoms with Crippen molar-refractivity contribution < 1.29 is 13.9 Å². The second-order valence-corrected chi connectivity index (χ2v) is 9.00. The van der Waals surface area contributed by atoms with E-state index in [2.05, 4.69) is 61.3 Å². The predicted molar refractivity (Wildman–Crippen MR) is 128 cm³/mol. The summed E-state index contributed by atoms with van der Waals surface area (Å²) in [5.41, 5.74) is 8.56. The Morgan fingerprint density at radius 2 is 1.69 bits per heavy atom. The third-order valence-corrected chi connectivity index (χ3v) is 6.21. The van der Waals surface area contributed by atoms with Crippen LogP contribution in [0.4, 0.5) is 15.8 Å². The molecular weight excluding hydrogens is 403 g/mol. The SMILES string of the molecule is COc1cc(F)ccc1-c1ccc2c3c1CN(c1cc(C)ccc1OC)C3=CC(C)(C)N2. The number of halogens is 1. The van der Waals surface area contributed by atoms with Crippen molar-refractivity contribution in [2.24, 2.45) is 0 Å². The van der Waals surface area contributed by atoms with E-state index >= 15 is 0 Å². The lowest BCUT2D eigenvalue weighted by atomic mass is 9.89. The number of aryl methyl sites for hydroxylation is 1. The molecule has 32 heavy (non-hydrogen) atoms. The fourth-order valence-electron chi connectivity index (χ4n) is 4.83. The standard InChI is InChI=1S/C27H27FN2O2/c1-16-6-11-24(31-4)22(12-16)30-15-20-18(19-8-7-17(28)13-25(19)32-5)9-10-21-26(20)23(30)14-27(2,3)29-21/h6-14,29H,15H2,1-5H3. The van der Waals surface area contributed by atoms with Crippen molar-refractivity contribution in [2.75, 3.05) is 24.4 Å². The molecule has 3 aromatic rings. The van der Waals surface area contributed by atoms with E-state index in [0.717, 1.165) is 33.9 Å². The van der Waals surface area contributed by atoms with E-state index in [1.54, 1.807) is 20.3 Å². The minimum absolute atomic E-state index is 0.200. The highest BCUT2D eigenvalue weighted by molar-refractivity contribution is 5.98. The Kier molecular flexibility index (Phi) is 4.66. The van der Waals surface area contributed by atoms with Gasteiger partial charge in [-0.2, -0.15) is 0 Å². The van der Waals surface area contributed by atoms with E-state index in [0.29, 0.717) is 12.3 Å². The zero-order valence-corrected chi connectivity index (χ0v) is 19.0. The van der Waals surface area contributed by atoms with Gasteiger partial charge in [-0.25, -0.2) is 4.39 Å². The van der Waals surface area contributed by atoms with Gasteiger partial charge in [0.05, 0.1) is 25.4 Å². The van der Waals surface area contributed by atoms with Crippen LogP contribution in [0.3, 0.4) is 0 Å². The van der Waals surface area contributed by atoms with E-state index in [9.17, 15) is 4.39 Å². The number of hydrogen-bond acceptors (Lipinski definition) is 4. The van der Waals surface area contributed by atoms with Crippen LogP contribution in [0.5, 0.6) is 11.5 Å².